The van der Waals surface area contributed by atoms with Gasteiger partial charge in [0.25, 0.3) is 0 Å². The molecule has 1 aromatic rings. The van der Waals surface area contributed by atoms with E-state index < -0.39 is 12.0 Å². The summed E-state index contributed by atoms with van der Waals surface area (Å²) in [5.74, 6) is -0.587. The molecule has 0 aliphatic heterocycles. The number of methoxy groups -OCH3 is 1. The predicted octanol–water partition coefficient (Wildman–Crippen LogP) is 1.29. The number of nitrogens with one attached hydrogen (secondary N) is 1. The molecule has 0 aliphatic rings. The summed E-state index contributed by atoms with van der Waals surface area (Å²) in [4.78, 5) is 27.6. The van der Waals surface area contributed by atoms with Crippen LogP contribution in [0.25, 0.3) is 0 Å². The number of hydrogen-bond acceptors (Lipinski definition) is 3. The number of benzene rings is 1. The third kappa shape index (κ3) is 5.15. The molecule has 0 bridgehead atoms. The number of hydrogen-bond donors (Lipinski definition) is 2. The van der Waals surface area contributed by atoms with E-state index in [1.807, 2.05) is 0 Å². The van der Waals surface area contributed by atoms with Gasteiger partial charge < -0.3 is 20.7 Å². The van der Waals surface area contributed by atoms with Crippen molar-refractivity contribution in [2.75, 3.05) is 26.0 Å². The van der Waals surface area contributed by atoms with Gasteiger partial charge in [-0.25, -0.2) is 4.79 Å². The molecule has 0 heterocycles. The van der Waals surface area contributed by atoms with Gasteiger partial charge in [0.1, 0.15) is 6.54 Å². The fraction of sp³-hybridized carbons (Fsp3) is 0.250. The number of esters is 1. The lowest BCUT2D eigenvalue weighted by atomic mass is 10.3. The van der Waals surface area contributed by atoms with Crippen LogP contribution in [0.2, 0.25) is 5.02 Å². The van der Waals surface area contributed by atoms with Gasteiger partial charge in [-0.2, -0.15) is 4.99 Å². The summed E-state index contributed by atoms with van der Waals surface area (Å²) in [6.07, 6.45) is 0. The zero-order valence-corrected chi connectivity index (χ0v) is 11.8. The molecule has 8 heteroatoms. The van der Waals surface area contributed by atoms with E-state index in [1.165, 1.54) is 19.1 Å². The van der Waals surface area contributed by atoms with Gasteiger partial charge in [0, 0.05) is 17.8 Å². The zero-order valence-electron chi connectivity index (χ0n) is 11.1. The number of amides is 2. The van der Waals surface area contributed by atoms with Crippen molar-refractivity contribution in [3.8, 4) is 0 Å². The van der Waals surface area contributed by atoms with Crippen LogP contribution >= 0.6 is 11.6 Å². The molecular weight excluding hydrogens is 284 g/mol. The van der Waals surface area contributed by atoms with Crippen LogP contribution in [0.15, 0.2) is 29.3 Å². The van der Waals surface area contributed by atoms with E-state index in [1.54, 1.807) is 24.3 Å². The number of nitrogens with two attached hydrogens (primary N) is 1. The van der Waals surface area contributed by atoms with Crippen molar-refractivity contribution in [2.24, 2.45) is 10.7 Å². The standard InChI is InChI=1S/C12H15ClN4O3/c1-17(7-10(18)20-2)11(14)16-12(19)15-9-5-3-4-8(13)6-9/h3-6H,7H2,1-2H3,(H3,14,15,16,19). The first-order chi connectivity index (χ1) is 9.42. The number of rotatable bonds is 3. The van der Waals surface area contributed by atoms with Crippen molar-refractivity contribution in [3.63, 3.8) is 0 Å². The van der Waals surface area contributed by atoms with Gasteiger partial charge in [0.2, 0.25) is 5.96 Å². The summed E-state index contributed by atoms with van der Waals surface area (Å²) in [7, 11) is 2.78. The number of halogens is 1. The van der Waals surface area contributed by atoms with Crippen molar-refractivity contribution in [3.05, 3.63) is 29.3 Å². The summed E-state index contributed by atoms with van der Waals surface area (Å²) < 4.78 is 4.48. The number of aliphatic imine (C=N–C) groups is 1. The van der Waals surface area contributed by atoms with E-state index >= 15 is 0 Å². The van der Waals surface area contributed by atoms with Gasteiger partial charge in [-0.3, -0.25) is 4.79 Å². The van der Waals surface area contributed by atoms with E-state index in [0.717, 1.165) is 0 Å². The average molecular weight is 299 g/mol. The van der Waals surface area contributed by atoms with Crippen LogP contribution in [-0.4, -0.2) is 43.6 Å². The van der Waals surface area contributed by atoms with Crippen molar-refractivity contribution in [2.45, 2.75) is 0 Å². The summed E-state index contributed by atoms with van der Waals surface area (Å²) in [6.45, 7) is -0.101. The maximum atomic E-state index is 11.6. The molecular formula is C12H15ClN4O3. The monoisotopic (exact) mass is 298 g/mol. The smallest absolute Gasteiger partial charge is 0.348 e. The molecule has 7 nitrogen and oxygen atoms in total. The Morgan fingerprint density at radius 3 is 2.80 bits per heavy atom. The number of ether oxygens (including phenoxy) is 1. The first-order valence-corrected chi connectivity index (χ1v) is 5.99. The Morgan fingerprint density at radius 1 is 1.50 bits per heavy atom. The minimum absolute atomic E-state index is 0.101. The summed E-state index contributed by atoms with van der Waals surface area (Å²) >= 11 is 5.79. The Bertz CT molecular complexity index is 533. The Kier molecular flexibility index (Phi) is 5.79. The summed E-state index contributed by atoms with van der Waals surface area (Å²) in [6, 6.07) is 5.94. The highest BCUT2D eigenvalue weighted by Gasteiger charge is 2.10. The maximum absolute atomic E-state index is 11.6. The molecule has 0 aromatic heterocycles. The Labute approximate surface area is 121 Å². The van der Waals surface area contributed by atoms with Crippen molar-refractivity contribution in [1.82, 2.24) is 4.90 Å². The van der Waals surface area contributed by atoms with E-state index in [9.17, 15) is 9.59 Å². The topological polar surface area (TPSA) is 97.0 Å². The maximum Gasteiger partial charge on any atom is 0.348 e. The molecule has 0 atom stereocenters. The predicted molar refractivity (Wildman–Crippen MR) is 76.7 cm³/mol. The third-order valence-electron chi connectivity index (χ3n) is 2.28. The third-order valence-corrected chi connectivity index (χ3v) is 2.51. The Hall–Kier alpha value is -2.28. The quantitative estimate of drug-likeness (QED) is 0.498. The van der Waals surface area contributed by atoms with E-state index in [0.29, 0.717) is 10.7 Å². The first-order valence-electron chi connectivity index (χ1n) is 5.61. The Morgan fingerprint density at radius 2 is 2.20 bits per heavy atom. The number of nitrogens with zero attached hydrogens (tertiary/aromatic N) is 2. The second kappa shape index (κ2) is 7.34. The lowest BCUT2D eigenvalue weighted by molar-refractivity contribution is -0.140. The van der Waals surface area contributed by atoms with Crippen LogP contribution in [0.5, 0.6) is 0 Å². The SMILES string of the molecule is COC(=O)CN(C)C(N)=NC(=O)Nc1cccc(Cl)c1. The summed E-state index contributed by atoms with van der Waals surface area (Å²) in [5.41, 5.74) is 6.08. The van der Waals surface area contributed by atoms with Gasteiger partial charge >= 0.3 is 12.0 Å². The first kappa shape index (κ1) is 15.8. The van der Waals surface area contributed by atoms with Gasteiger partial charge in [-0.1, -0.05) is 17.7 Å². The molecule has 0 aliphatic carbocycles. The number of anilines is 1. The molecule has 108 valence electrons. The van der Waals surface area contributed by atoms with Crippen LogP contribution in [0, 0.1) is 0 Å². The zero-order chi connectivity index (χ0) is 15.1. The average Bonchev–Trinajstić information content (AvgIpc) is 2.38. The van der Waals surface area contributed by atoms with Crippen molar-refractivity contribution >= 4 is 35.2 Å². The normalized spacial score (nSPS) is 10.8. The largest absolute Gasteiger partial charge is 0.468 e. The van der Waals surface area contributed by atoms with E-state index in [2.05, 4.69) is 15.0 Å². The van der Waals surface area contributed by atoms with Crippen molar-refractivity contribution in [1.29, 1.82) is 0 Å². The molecule has 0 unspecified atom stereocenters. The highest BCUT2D eigenvalue weighted by atomic mass is 35.5. The molecule has 0 radical (unpaired) electrons. The van der Waals surface area contributed by atoms with Gasteiger partial charge in [0.15, 0.2) is 0 Å². The molecule has 2 amide bonds. The van der Waals surface area contributed by atoms with Crippen LogP contribution in [0.1, 0.15) is 0 Å². The fourth-order valence-electron chi connectivity index (χ4n) is 1.25. The lowest BCUT2D eigenvalue weighted by Crippen LogP contribution is -2.39. The minimum atomic E-state index is -0.665. The van der Waals surface area contributed by atoms with Gasteiger partial charge in [-0.15, -0.1) is 0 Å². The van der Waals surface area contributed by atoms with Crippen LogP contribution in [-0.2, 0) is 9.53 Å². The number of likely N-dealkylation sites (N-methyl/N-ethyl adjacent to an activating group) is 1. The lowest BCUT2D eigenvalue weighted by Gasteiger charge is -2.15. The molecule has 0 spiro atoms. The van der Waals surface area contributed by atoms with Crippen LogP contribution < -0.4 is 11.1 Å². The van der Waals surface area contributed by atoms with Crippen LogP contribution in [0.3, 0.4) is 0 Å². The number of guanidine groups is 1. The van der Waals surface area contributed by atoms with Crippen molar-refractivity contribution < 1.29 is 14.3 Å². The molecule has 0 saturated carbocycles. The molecule has 0 saturated heterocycles. The summed E-state index contributed by atoms with van der Waals surface area (Å²) in [5, 5.41) is 2.99. The molecule has 1 rings (SSSR count). The highest BCUT2D eigenvalue weighted by Crippen LogP contribution is 2.14. The second-order valence-corrected chi connectivity index (χ2v) is 4.28. The molecule has 0 fully saturated rings. The minimum Gasteiger partial charge on any atom is -0.468 e. The van der Waals surface area contributed by atoms with Gasteiger partial charge in [0.05, 0.1) is 7.11 Å². The Balaban J connectivity index is 2.63. The number of carbonyl (C=O) groups is 2. The number of urea groups is 1. The van der Waals surface area contributed by atoms with E-state index in [4.69, 9.17) is 17.3 Å². The molecule has 3 N–H and O–H groups in total. The van der Waals surface area contributed by atoms with Gasteiger partial charge in [-0.05, 0) is 18.2 Å². The second-order valence-electron chi connectivity index (χ2n) is 3.84. The highest BCUT2D eigenvalue weighted by molar-refractivity contribution is 6.30. The number of carbonyl (C=O) groups excluding carboxylic acids is 2. The molecule has 1 aromatic carbocycles. The fourth-order valence-corrected chi connectivity index (χ4v) is 1.44. The van der Waals surface area contributed by atoms with Crippen LogP contribution in [0.4, 0.5) is 10.5 Å². The van der Waals surface area contributed by atoms with E-state index in [-0.39, 0.29) is 12.5 Å². The molecule has 20 heavy (non-hydrogen) atoms.